The molecular formula is C16H17ClN2O3. The number of hydrazone groups is 1. The van der Waals surface area contributed by atoms with E-state index in [4.69, 9.17) is 20.8 Å². The second-order valence-electron chi connectivity index (χ2n) is 5.58. The molecule has 0 saturated heterocycles. The zero-order chi connectivity index (χ0) is 16.2. The first-order valence-electron chi connectivity index (χ1n) is 6.71. The number of rotatable bonds is 3. The van der Waals surface area contributed by atoms with Gasteiger partial charge >= 0.3 is 6.09 Å². The van der Waals surface area contributed by atoms with Crippen LogP contribution in [0.3, 0.4) is 0 Å². The number of carbonyl (C=O) groups excluding carboxylic acids is 1. The van der Waals surface area contributed by atoms with E-state index in [2.05, 4.69) is 10.5 Å². The topological polar surface area (TPSA) is 63.8 Å². The minimum absolute atomic E-state index is 0.506. The SMILES string of the molecule is CC(C)(C)OC(=O)N/N=C\c1ccc(-c2cccc(Cl)c2)o1. The van der Waals surface area contributed by atoms with Crippen LogP contribution in [0.15, 0.2) is 45.9 Å². The lowest BCUT2D eigenvalue weighted by Gasteiger charge is -2.18. The largest absolute Gasteiger partial charge is 0.455 e. The van der Waals surface area contributed by atoms with Crippen LogP contribution >= 0.6 is 11.6 Å². The summed E-state index contributed by atoms with van der Waals surface area (Å²) in [6.07, 6.45) is 0.781. The second kappa shape index (κ2) is 6.66. The fraction of sp³-hybridized carbons (Fsp3) is 0.250. The maximum atomic E-state index is 11.4. The van der Waals surface area contributed by atoms with Crippen molar-refractivity contribution in [2.24, 2.45) is 5.10 Å². The lowest BCUT2D eigenvalue weighted by atomic mass is 10.2. The van der Waals surface area contributed by atoms with Gasteiger partial charge in [0, 0.05) is 10.6 Å². The Morgan fingerprint density at radius 1 is 1.32 bits per heavy atom. The Labute approximate surface area is 133 Å². The van der Waals surface area contributed by atoms with Crippen LogP contribution in [0.4, 0.5) is 4.79 Å². The monoisotopic (exact) mass is 320 g/mol. The van der Waals surface area contributed by atoms with E-state index >= 15 is 0 Å². The Hall–Kier alpha value is -2.27. The zero-order valence-corrected chi connectivity index (χ0v) is 13.3. The molecule has 1 heterocycles. The van der Waals surface area contributed by atoms with Gasteiger partial charge in [-0.05, 0) is 45.0 Å². The number of benzene rings is 1. The highest BCUT2D eigenvalue weighted by Gasteiger charge is 2.15. The first kappa shape index (κ1) is 16.1. The third-order valence-corrected chi connectivity index (χ3v) is 2.72. The summed E-state index contributed by atoms with van der Waals surface area (Å²) in [4.78, 5) is 11.4. The van der Waals surface area contributed by atoms with Crippen molar-refractivity contribution in [3.05, 3.63) is 47.2 Å². The van der Waals surface area contributed by atoms with Crippen LogP contribution < -0.4 is 5.43 Å². The molecule has 0 spiro atoms. The fourth-order valence-electron chi connectivity index (χ4n) is 1.67. The number of halogens is 1. The smallest absolute Gasteiger partial charge is 0.428 e. The second-order valence-corrected chi connectivity index (χ2v) is 6.02. The summed E-state index contributed by atoms with van der Waals surface area (Å²) in [5, 5.41) is 4.42. The summed E-state index contributed by atoms with van der Waals surface area (Å²) in [5.74, 6) is 1.17. The maximum Gasteiger partial charge on any atom is 0.428 e. The van der Waals surface area contributed by atoms with Crippen LogP contribution in [-0.2, 0) is 4.74 Å². The molecule has 1 N–H and O–H groups in total. The first-order valence-corrected chi connectivity index (χ1v) is 7.09. The van der Waals surface area contributed by atoms with Gasteiger partial charge in [0.25, 0.3) is 0 Å². The molecule has 0 unspecified atom stereocenters. The minimum Gasteiger partial charge on any atom is -0.455 e. The summed E-state index contributed by atoms with van der Waals surface area (Å²) in [7, 11) is 0. The number of nitrogens with one attached hydrogen (secondary N) is 1. The van der Waals surface area contributed by atoms with E-state index in [0.717, 1.165) is 5.56 Å². The van der Waals surface area contributed by atoms with Gasteiger partial charge in [-0.15, -0.1) is 0 Å². The molecule has 0 aliphatic carbocycles. The number of ether oxygens (including phenoxy) is 1. The third-order valence-electron chi connectivity index (χ3n) is 2.48. The van der Waals surface area contributed by atoms with Gasteiger partial charge in [-0.2, -0.15) is 5.10 Å². The van der Waals surface area contributed by atoms with Gasteiger partial charge in [0.1, 0.15) is 17.1 Å². The molecule has 116 valence electrons. The van der Waals surface area contributed by atoms with Gasteiger partial charge in [-0.3, -0.25) is 0 Å². The van der Waals surface area contributed by atoms with E-state index in [1.807, 2.05) is 12.1 Å². The highest BCUT2D eigenvalue weighted by Crippen LogP contribution is 2.24. The molecule has 5 nitrogen and oxygen atoms in total. The summed E-state index contributed by atoms with van der Waals surface area (Å²) in [5.41, 5.74) is 2.58. The maximum absolute atomic E-state index is 11.4. The van der Waals surface area contributed by atoms with Crippen LogP contribution in [0, 0.1) is 0 Å². The number of hydrogen-bond donors (Lipinski definition) is 1. The molecular weight excluding hydrogens is 304 g/mol. The van der Waals surface area contributed by atoms with E-state index in [1.165, 1.54) is 6.21 Å². The first-order chi connectivity index (χ1) is 10.3. The number of amides is 1. The summed E-state index contributed by atoms with van der Waals surface area (Å²) >= 11 is 5.94. The Balaban J connectivity index is 1.98. The fourth-order valence-corrected chi connectivity index (χ4v) is 1.86. The molecule has 22 heavy (non-hydrogen) atoms. The standard InChI is InChI=1S/C16H17ClN2O3/c1-16(2,3)22-15(20)19-18-10-13-7-8-14(21-13)11-5-4-6-12(17)9-11/h4-10H,1-3H3,(H,19,20)/b18-10-. The Morgan fingerprint density at radius 2 is 2.09 bits per heavy atom. The molecule has 0 atom stereocenters. The van der Waals surface area contributed by atoms with Crippen molar-refractivity contribution in [1.29, 1.82) is 0 Å². The predicted molar refractivity (Wildman–Crippen MR) is 86.1 cm³/mol. The summed E-state index contributed by atoms with van der Waals surface area (Å²) in [6, 6.07) is 10.9. The Morgan fingerprint density at radius 3 is 2.77 bits per heavy atom. The van der Waals surface area contributed by atoms with E-state index in [1.54, 1.807) is 45.0 Å². The van der Waals surface area contributed by atoms with Crippen LogP contribution in [0.5, 0.6) is 0 Å². The normalized spacial score (nSPS) is 11.6. The van der Waals surface area contributed by atoms with Crippen molar-refractivity contribution in [3.8, 4) is 11.3 Å². The van der Waals surface area contributed by atoms with Crippen LogP contribution in [0.25, 0.3) is 11.3 Å². The lowest BCUT2D eigenvalue weighted by Crippen LogP contribution is -2.29. The molecule has 1 aromatic carbocycles. The lowest BCUT2D eigenvalue weighted by molar-refractivity contribution is 0.0529. The van der Waals surface area contributed by atoms with Crippen molar-refractivity contribution >= 4 is 23.9 Å². The van der Waals surface area contributed by atoms with Gasteiger partial charge in [-0.1, -0.05) is 23.7 Å². The molecule has 1 aromatic heterocycles. The molecule has 0 aliphatic rings. The molecule has 2 aromatic rings. The van der Waals surface area contributed by atoms with Gasteiger partial charge < -0.3 is 9.15 Å². The van der Waals surface area contributed by atoms with Crippen LogP contribution in [-0.4, -0.2) is 17.9 Å². The van der Waals surface area contributed by atoms with Crippen LogP contribution in [0.2, 0.25) is 5.02 Å². The number of hydrogen-bond acceptors (Lipinski definition) is 4. The minimum atomic E-state index is -0.620. The van der Waals surface area contributed by atoms with E-state index in [-0.39, 0.29) is 0 Å². The number of nitrogens with zero attached hydrogens (tertiary/aromatic N) is 1. The molecule has 1 amide bonds. The molecule has 0 fully saturated rings. The Kier molecular flexibility index (Phi) is 4.88. The highest BCUT2D eigenvalue weighted by molar-refractivity contribution is 6.30. The number of furan rings is 1. The average molecular weight is 321 g/mol. The molecule has 0 saturated carbocycles. The molecule has 2 rings (SSSR count). The van der Waals surface area contributed by atoms with E-state index in [9.17, 15) is 4.79 Å². The Bertz CT molecular complexity index is 687. The van der Waals surface area contributed by atoms with Crippen molar-refractivity contribution in [2.45, 2.75) is 26.4 Å². The van der Waals surface area contributed by atoms with E-state index in [0.29, 0.717) is 16.5 Å². The van der Waals surface area contributed by atoms with Gasteiger partial charge in [0.2, 0.25) is 0 Å². The van der Waals surface area contributed by atoms with Crippen molar-refractivity contribution in [1.82, 2.24) is 5.43 Å². The van der Waals surface area contributed by atoms with Gasteiger partial charge in [0.15, 0.2) is 0 Å². The molecule has 0 aliphatic heterocycles. The van der Waals surface area contributed by atoms with Crippen molar-refractivity contribution in [3.63, 3.8) is 0 Å². The third kappa shape index (κ3) is 4.93. The van der Waals surface area contributed by atoms with Gasteiger partial charge in [0.05, 0.1) is 6.21 Å². The van der Waals surface area contributed by atoms with Gasteiger partial charge in [-0.25, -0.2) is 10.2 Å². The summed E-state index contributed by atoms with van der Waals surface area (Å²) in [6.45, 7) is 5.33. The molecule has 0 radical (unpaired) electrons. The zero-order valence-electron chi connectivity index (χ0n) is 12.6. The average Bonchev–Trinajstić information content (AvgIpc) is 2.85. The summed E-state index contributed by atoms with van der Waals surface area (Å²) < 4.78 is 10.7. The quantitative estimate of drug-likeness (QED) is 0.671. The van der Waals surface area contributed by atoms with Crippen molar-refractivity contribution < 1.29 is 13.9 Å². The van der Waals surface area contributed by atoms with E-state index < -0.39 is 11.7 Å². The highest BCUT2D eigenvalue weighted by atomic mass is 35.5. The van der Waals surface area contributed by atoms with Crippen LogP contribution in [0.1, 0.15) is 26.5 Å². The molecule has 6 heteroatoms. The van der Waals surface area contributed by atoms with Crippen molar-refractivity contribution in [2.75, 3.05) is 0 Å². The molecule has 0 bridgehead atoms. The predicted octanol–water partition coefficient (Wildman–Crippen LogP) is 4.46. The number of carbonyl (C=O) groups is 1.